The molecule has 0 aliphatic rings. The average Bonchev–Trinajstić information content (AvgIpc) is 2.76. The summed E-state index contributed by atoms with van der Waals surface area (Å²) in [5.74, 6) is -1.51. The van der Waals surface area contributed by atoms with Gasteiger partial charge in [-0.05, 0) is 35.9 Å². The second-order valence-electron chi connectivity index (χ2n) is 6.53. The third-order valence-electron chi connectivity index (χ3n) is 4.38. The molecule has 11 heteroatoms. The first kappa shape index (κ1) is 22.5. The van der Waals surface area contributed by atoms with E-state index in [1.165, 1.54) is 23.8 Å². The summed E-state index contributed by atoms with van der Waals surface area (Å²) in [5, 5.41) is 25.1. The number of methoxy groups -OCH3 is 1. The van der Waals surface area contributed by atoms with Gasteiger partial charge in [-0.25, -0.2) is 5.43 Å². The van der Waals surface area contributed by atoms with Crippen molar-refractivity contribution in [3.63, 3.8) is 0 Å². The van der Waals surface area contributed by atoms with Gasteiger partial charge in [0, 0.05) is 22.8 Å². The number of nitro groups is 1. The molecule has 0 bridgehead atoms. The van der Waals surface area contributed by atoms with Crippen LogP contribution in [0.25, 0.3) is 0 Å². The van der Waals surface area contributed by atoms with Crippen LogP contribution in [0.4, 0.5) is 5.69 Å². The molecule has 0 saturated carbocycles. The molecule has 0 unspecified atom stereocenters. The minimum Gasteiger partial charge on any atom is -0.500 e. The zero-order valence-electron chi connectivity index (χ0n) is 16.7. The maximum absolute atomic E-state index is 12.7. The normalized spacial score (nSPS) is 10.8. The number of phenolic OH excluding ortho intramolecular Hbond substituents is 1. The molecule has 32 heavy (non-hydrogen) atoms. The predicted molar refractivity (Wildman–Crippen MR) is 118 cm³/mol. The number of halogens is 1. The van der Waals surface area contributed by atoms with Crippen LogP contribution in [-0.2, 0) is 6.54 Å². The Balaban J connectivity index is 1.78. The van der Waals surface area contributed by atoms with E-state index in [1.54, 1.807) is 36.5 Å². The van der Waals surface area contributed by atoms with Crippen molar-refractivity contribution < 1.29 is 19.6 Å². The van der Waals surface area contributed by atoms with Gasteiger partial charge in [0.1, 0.15) is 5.56 Å². The highest BCUT2D eigenvalue weighted by molar-refractivity contribution is 6.30. The topological polar surface area (TPSA) is 136 Å². The molecule has 1 heterocycles. The molecule has 1 aromatic heterocycles. The molecule has 0 radical (unpaired) electrons. The summed E-state index contributed by atoms with van der Waals surface area (Å²) < 4.78 is 6.26. The van der Waals surface area contributed by atoms with Gasteiger partial charge in [-0.3, -0.25) is 19.7 Å². The number of carbonyl (C=O) groups is 1. The van der Waals surface area contributed by atoms with Crippen molar-refractivity contribution in [1.82, 2.24) is 9.99 Å². The van der Waals surface area contributed by atoms with Crippen molar-refractivity contribution in [3.05, 3.63) is 96.9 Å². The molecule has 0 saturated heterocycles. The fourth-order valence-electron chi connectivity index (χ4n) is 2.88. The molecule has 0 spiro atoms. The van der Waals surface area contributed by atoms with E-state index in [9.17, 15) is 24.8 Å². The van der Waals surface area contributed by atoms with Gasteiger partial charge in [0.05, 0.1) is 24.8 Å². The second kappa shape index (κ2) is 9.75. The Morgan fingerprint density at radius 2 is 2.09 bits per heavy atom. The molecule has 164 valence electrons. The third-order valence-corrected chi connectivity index (χ3v) is 4.62. The molecular weight excluding hydrogens is 440 g/mol. The lowest BCUT2D eigenvalue weighted by Crippen LogP contribution is -2.30. The predicted octanol–water partition coefficient (Wildman–Crippen LogP) is 2.94. The number of hydrazone groups is 1. The number of aromatic nitrogens is 1. The van der Waals surface area contributed by atoms with Crippen LogP contribution in [0.2, 0.25) is 5.02 Å². The van der Waals surface area contributed by atoms with Crippen molar-refractivity contribution in [2.45, 2.75) is 6.54 Å². The minimum atomic E-state index is -0.778. The summed E-state index contributed by atoms with van der Waals surface area (Å²) in [4.78, 5) is 35.4. The average molecular weight is 457 g/mol. The van der Waals surface area contributed by atoms with E-state index in [0.717, 1.165) is 17.8 Å². The van der Waals surface area contributed by atoms with E-state index < -0.39 is 27.8 Å². The fraction of sp³-hybridized carbons (Fsp3) is 0.0952. The van der Waals surface area contributed by atoms with Gasteiger partial charge in [-0.1, -0.05) is 23.7 Å². The first-order chi connectivity index (χ1) is 15.3. The van der Waals surface area contributed by atoms with E-state index >= 15 is 0 Å². The van der Waals surface area contributed by atoms with Gasteiger partial charge in [0.2, 0.25) is 5.75 Å². The molecule has 3 rings (SSSR count). The van der Waals surface area contributed by atoms with Crippen LogP contribution in [-0.4, -0.2) is 33.8 Å². The van der Waals surface area contributed by atoms with Gasteiger partial charge in [0.15, 0.2) is 5.75 Å². The SMILES string of the molecule is COc1cc(/C=N\NC(=O)c2cccn(Cc3cccc(Cl)c3)c2=O)cc([N+](=O)[O-])c1O. The number of hydrogen-bond acceptors (Lipinski definition) is 7. The monoisotopic (exact) mass is 456 g/mol. The van der Waals surface area contributed by atoms with Crippen molar-refractivity contribution in [2.24, 2.45) is 5.10 Å². The van der Waals surface area contributed by atoms with Crippen LogP contribution in [0.5, 0.6) is 11.5 Å². The number of hydrogen-bond donors (Lipinski definition) is 2. The number of benzene rings is 2. The van der Waals surface area contributed by atoms with E-state index in [4.69, 9.17) is 16.3 Å². The highest BCUT2D eigenvalue weighted by Gasteiger charge is 2.19. The van der Waals surface area contributed by atoms with E-state index in [-0.39, 0.29) is 23.4 Å². The number of nitrogens with one attached hydrogen (secondary N) is 1. The van der Waals surface area contributed by atoms with Crippen molar-refractivity contribution in [2.75, 3.05) is 7.11 Å². The van der Waals surface area contributed by atoms with Gasteiger partial charge in [-0.2, -0.15) is 5.10 Å². The Morgan fingerprint density at radius 3 is 2.78 bits per heavy atom. The van der Waals surface area contributed by atoms with Crippen molar-refractivity contribution >= 4 is 29.4 Å². The Labute approximate surface area is 186 Å². The molecule has 2 aromatic carbocycles. The number of nitro benzene ring substituents is 1. The lowest BCUT2D eigenvalue weighted by atomic mass is 10.2. The number of pyridine rings is 1. The maximum atomic E-state index is 12.7. The lowest BCUT2D eigenvalue weighted by Gasteiger charge is -2.08. The quantitative estimate of drug-likeness (QED) is 0.318. The zero-order valence-corrected chi connectivity index (χ0v) is 17.4. The van der Waals surface area contributed by atoms with Gasteiger partial charge in [0.25, 0.3) is 11.5 Å². The summed E-state index contributed by atoms with van der Waals surface area (Å²) >= 11 is 5.97. The molecule has 0 aliphatic carbocycles. The number of phenols is 1. The van der Waals surface area contributed by atoms with Crippen molar-refractivity contribution in [3.8, 4) is 11.5 Å². The van der Waals surface area contributed by atoms with Crippen LogP contribution < -0.4 is 15.7 Å². The number of nitrogens with zero attached hydrogens (tertiary/aromatic N) is 3. The van der Waals surface area contributed by atoms with Gasteiger partial charge < -0.3 is 14.4 Å². The summed E-state index contributed by atoms with van der Waals surface area (Å²) in [6, 6.07) is 12.3. The number of aromatic hydroxyl groups is 1. The Kier molecular flexibility index (Phi) is 6.86. The first-order valence-corrected chi connectivity index (χ1v) is 9.50. The highest BCUT2D eigenvalue weighted by atomic mass is 35.5. The fourth-order valence-corrected chi connectivity index (χ4v) is 3.09. The molecule has 0 fully saturated rings. The van der Waals surface area contributed by atoms with Crippen molar-refractivity contribution in [1.29, 1.82) is 0 Å². The van der Waals surface area contributed by atoms with Gasteiger partial charge in [-0.15, -0.1) is 0 Å². The number of amides is 1. The first-order valence-electron chi connectivity index (χ1n) is 9.13. The maximum Gasteiger partial charge on any atom is 0.315 e. The molecule has 0 atom stereocenters. The number of ether oxygens (including phenoxy) is 1. The van der Waals surface area contributed by atoms with Gasteiger partial charge >= 0.3 is 5.69 Å². The molecule has 3 aromatic rings. The zero-order chi connectivity index (χ0) is 23.3. The summed E-state index contributed by atoms with van der Waals surface area (Å²) in [7, 11) is 1.24. The van der Waals surface area contributed by atoms with E-state index in [0.29, 0.717) is 5.02 Å². The van der Waals surface area contributed by atoms with Crippen LogP contribution in [0.3, 0.4) is 0 Å². The summed E-state index contributed by atoms with van der Waals surface area (Å²) in [6.45, 7) is 0.223. The van der Waals surface area contributed by atoms with Crippen LogP contribution in [0.15, 0.2) is 64.6 Å². The Morgan fingerprint density at radius 1 is 1.31 bits per heavy atom. The summed E-state index contributed by atoms with van der Waals surface area (Å²) in [6.07, 6.45) is 2.67. The van der Waals surface area contributed by atoms with Crippen LogP contribution in [0, 0.1) is 10.1 Å². The minimum absolute atomic E-state index is 0.126. The largest absolute Gasteiger partial charge is 0.500 e. The Hall–Kier alpha value is -4.18. The van der Waals surface area contributed by atoms with E-state index in [1.807, 2.05) is 0 Å². The summed E-state index contributed by atoms with van der Waals surface area (Å²) in [5.41, 5.74) is 1.95. The standard InChI is InChI=1S/C21H17ClN4O6/c1-32-18-10-14(9-17(19(18)27)26(30)31)11-23-24-20(28)16-6-3-7-25(21(16)29)12-13-4-2-5-15(22)8-13/h2-11,27H,12H2,1H3,(H,24,28)/b23-11-. The van der Waals surface area contributed by atoms with E-state index in [2.05, 4.69) is 10.5 Å². The molecular formula is C21H17ClN4O6. The molecule has 10 nitrogen and oxygen atoms in total. The van der Waals surface area contributed by atoms with Crippen LogP contribution >= 0.6 is 11.6 Å². The lowest BCUT2D eigenvalue weighted by molar-refractivity contribution is -0.386. The second-order valence-corrected chi connectivity index (χ2v) is 6.97. The number of rotatable bonds is 7. The number of carbonyl (C=O) groups excluding carboxylic acids is 1. The highest BCUT2D eigenvalue weighted by Crippen LogP contribution is 2.36. The smallest absolute Gasteiger partial charge is 0.315 e. The molecule has 0 aliphatic heterocycles. The molecule has 1 amide bonds. The Bertz CT molecular complexity index is 1270. The third kappa shape index (κ3) is 5.10. The molecule has 2 N–H and O–H groups in total. The van der Waals surface area contributed by atoms with Crippen LogP contribution in [0.1, 0.15) is 21.5 Å².